The quantitative estimate of drug-likeness (QED) is 0.798. The van der Waals surface area contributed by atoms with E-state index in [-0.39, 0.29) is 0 Å². The Kier molecular flexibility index (Phi) is 4.91. The van der Waals surface area contributed by atoms with E-state index in [4.69, 9.17) is 23.2 Å². The smallest absolute Gasteiger partial charge is 0.0439 e. The average molecular weight is 312 g/mol. The lowest BCUT2D eigenvalue weighted by atomic mass is 9.76. The van der Waals surface area contributed by atoms with E-state index >= 15 is 0 Å². The molecule has 3 rings (SSSR count). The minimum Gasteiger partial charge on any atom is -0.314 e. The Morgan fingerprint density at radius 2 is 1.75 bits per heavy atom. The highest BCUT2D eigenvalue weighted by Gasteiger charge is 2.28. The maximum Gasteiger partial charge on any atom is 0.0439 e. The Bertz CT molecular complexity index is 456. The number of benzene rings is 1. The van der Waals surface area contributed by atoms with Gasteiger partial charge in [0.25, 0.3) is 0 Å². The number of nitrogens with one attached hydrogen (secondary N) is 1. The van der Waals surface area contributed by atoms with Gasteiger partial charge in [-0.25, -0.2) is 0 Å². The molecule has 1 aromatic carbocycles. The van der Waals surface area contributed by atoms with Gasteiger partial charge in [0, 0.05) is 16.1 Å². The lowest BCUT2D eigenvalue weighted by Gasteiger charge is -2.32. The summed E-state index contributed by atoms with van der Waals surface area (Å²) in [5.41, 5.74) is 1.22. The van der Waals surface area contributed by atoms with Crippen LogP contribution in [0.25, 0.3) is 0 Å². The van der Waals surface area contributed by atoms with E-state index in [1.54, 1.807) is 0 Å². The van der Waals surface area contributed by atoms with E-state index in [9.17, 15) is 0 Å². The zero-order valence-corrected chi connectivity index (χ0v) is 13.4. The van der Waals surface area contributed by atoms with E-state index in [0.29, 0.717) is 0 Å². The van der Waals surface area contributed by atoms with Crippen molar-refractivity contribution in [2.45, 2.75) is 51.0 Å². The Morgan fingerprint density at radius 3 is 2.50 bits per heavy atom. The molecule has 0 bridgehead atoms. The maximum atomic E-state index is 6.33. The largest absolute Gasteiger partial charge is 0.314 e. The molecular weight excluding hydrogens is 289 g/mol. The van der Waals surface area contributed by atoms with Gasteiger partial charge in [0.2, 0.25) is 0 Å². The Balaban J connectivity index is 1.64. The van der Waals surface area contributed by atoms with Crippen LogP contribution in [0.15, 0.2) is 18.2 Å². The maximum absolute atomic E-state index is 6.33. The van der Waals surface area contributed by atoms with Crippen LogP contribution in [0.3, 0.4) is 0 Å². The van der Waals surface area contributed by atoms with Gasteiger partial charge in [0.15, 0.2) is 0 Å². The third-order valence-electron chi connectivity index (χ3n) is 4.80. The Labute approximate surface area is 132 Å². The van der Waals surface area contributed by atoms with Crippen LogP contribution >= 0.6 is 23.2 Å². The molecule has 2 atom stereocenters. The van der Waals surface area contributed by atoms with Gasteiger partial charge in [-0.05, 0) is 74.2 Å². The number of rotatable bonds is 5. The number of halogens is 2. The van der Waals surface area contributed by atoms with E-state index in [2.05, 4.69) is 5.32 Å². The van der Waals surface area contributed by atoms with Crippen molar-refractivity contribution in [3.8, 4) is 0 Å². The molecule has 2 saturated carbocycles. The van der Waals surface area contributed by atoms with E-state index in [0.717, 1.165) is 34.3 Å². The van der Waals surface area contributed by atoms with Gasteiger partial charge < -0.3 is 5.32 Å². The van der Waals surface area contributed by atoms with Crippen molar-refractivity contribution >= 4 is 23.2 Å². The first-order valence-electron chi connectivity index (χ1n) is 7.89. The average Bonchev–Trinajstić information content (AvgIpc) is 3.26. The molecule has 1 aromatic rings. The lowest BCUT2D eigenvalue weighted by molar-refractivity contribution is 0.228. The molecule has 0 spiro atoms. The molecule has 1 N–H and O–H groups in total. The van der Waals surface area contributed by atoms with Crippen LogP contribution in [-0.4, -0.2) is 12.6 Å². The normalized spacial score (nSPS) is 26.7. The first-order chi connectivity index (χ1) is 9.72. The van der Waals surface area contributed by atoms with E-state index in [1.807, 2.05) is 18.2 Å². The summed E-state index contributed by atoms with van der Waals surface area (Å²) in [6, 6.07) is 6.66. The zero-order valence-electron chi connectivity index (χ0n) is 11.9. The van der Waals surface area contributed by atoms with Crippen molar-refractivity contribution in [3.63, 3.8) is 0 Å². The summed E-state index contributed by atoms with van der Waals surface area (Å²) in [5.74, 6) is 1.56. The van der Waals surface area contributed by atoms with Gasteiger partial charge in [-0.2, -0.15) is 0 Å². The van der Waals surface area contributed by atoms with Crippen molar-refractivity contribution in [2.24, 2.45) is 11.8 Å². The van der Waals surface area contributed by atoms with Crippen LogP contribution in [0.2, 0.25) is 10.0 Å². The summed E-state index contributed by atoms with van der Waals surface area (Å²) >= 11 is 12.4. The first kappa shape index (κ1) is 14.7. The molecule has 2 fully saturated rings. The van der Waals surface area contributed by atoms with E-state index in [1.165, 1.54) is 50.6 Å². The monoisotopic (exact) mass is 311 g/mol. The van der Waals surface area contributed by atoms with Crippen LogP contribution in [-0.2, 0) is 6.42 Å². The minimum absolute atomic E-state index is 0.756. The second-order valence-electron chi connectivity index (χ2n) is 6.43. The van der Waals surface area contributed by atoms with Crippen LogP contribution in [0, 0.1) is 11.8 Å². The first-order valence-corrected chi connectivity index (χ1v) is 8.65. The van der Waals surface area contributed by atoms with Gasteiger partial charge in [0.05, 0.1) is 0 Å². The highest BCUT2D eigenvalue weighted by Crippen LogP contribution is 2.35. The van der Waals surface area contributed by atoms with Crippen LogP contribution < -0.4 is 5.32 Å². The molecule has 3 heteroatoms. The zero-order chi connectivity index (χ0) is 13.9. The van der Waals surface area contributed by atoms with Crippen LogP contribution in [0.4, 0.5) is 0 Å². The highest BCUT2D eigenvalue weighted by molar-refractivity contribution is 6.33. The fourth-order valence-electron chi connectivity index (χ4n) is 3.41. The predicted octanol–water partition coefficient (Wildman–Crippen LogP) is 5.09. The standard InChI is InChI=1S/C17H23Cl2N/c18-15-5-8-17(19)14(10-15)9-12-3-1-2-4-13(12)11-20-16-6-7-16/h5,8,10,12-13,16,20H,1-4,6-7,9,11H2. The molecule has 2 aliphatic rings. The Morgan fingerprint density at radius 1 is 1.00 bits per heavy atom. The molecule has 110 valence electrons. The Hall–Kier alpha value is -0.240. The fourth-order valence-corrected chi connectivity index (χ4v) is 3.80. The highest BCUT2D eigenvalue weighted by atomic mass is 35.5. The summed E-state index contributed by atoms with van der Waals surface area (Å²) < 4.78 is 0. The molecule has 2 aliphatic carbocycles. The second-order valence-corrected chi connectivity index (χ2v) is 7.27. The van der Waals surface area contributed by atoms with Gasteiger partial charge in [-0.3, -0.25) is 0 Å². The summed E-state index contributed by atoms with van der Waals surface area (Å²) in [6.07, 6.45) is 9.27. The summed E-state index contributed by atoms with van der Waals surface area (Å²) in [4.78, 5) is 0. The topological polar surface area (TPSA) is 12.0 Å². The molecule has 0 aliphatic heterocycles. The molecule has 0 amide bonds. The lowest BCUT2D eigenvalue weighted by Crippen LogP contribution is -2.32. The van der Waals surface area contributed by atoms with Gasteiger partial charge in [-0.15, -0.1) is 0 Å². The van der Waals surface area contributed by atoms with Gasteiger partial charge in [0.1, 0.15) is 0 Å². The van der Waals surface area contributed by atoms with E-state index < -0.39 is 0 Å². The van der Waals surface area contributed by atoms with Crippen LogP contribution in [0.1, 0.15) is 44.1 Å². The molecule has 20 heavy (non-hydrogen) atoms. The minimum atomic E-state index is 0.756. The molecule has 0 radical (unpaired) electrons. The van der Waals surface area contributed by atoms with Gasteiger partial charge >= 0.3 is 0 Å². The van der Waals surface area contributed by atoms with Crippen molar-refractivity contribution in [1.29, 1.82) is 0 Å². The molecular formula is C17H23Cl2N. The predicted molar refractivity (Wildman–Crippen MR) is 86.6 cm³/mol. The third-order valence-corrected chi connectivity index (χ3v) is 5.41. The molecule has 0 aromatic heterocycles. The second kappa shape index (κ2) is 6.68. The number of hydrogen-bond acceptors (Lipinski definition) is 1. The summed E-state index contributed by atoms with van der Waals surface area (Å²) in [5, 5.41) is 5.38. The third kappa shape index (κ3) is 3.90. The SMILES string of the molecule is Clc1ccc(Cl)c(CC2CCCCC2CNC2CC2)c1. The molecule has 1 nitrogen and oxygen atoms in total. The van der Waals surface area contributed by atoms with Crippen molar-refractivity contribution in [1.82, 2.24) is 5.32 Å². The molecule has 0 saturated heterocycles. The van der Waals surface area contributed by atoms with Gasteiger partial charge in [-0.1, -0.05) is 36.0 Å². The summed E-state index contributed by atoms with van der Waals surface area (Å²) in [6.45, 7) is 1.19. The number of hydrogen-bond donors (Lipinski definition) is 1. The van der Waals surface area contributed by atoms with Crippen LogP contribution in [0.5, 0.6) is 0 Å². The van der Waals surface area contributed by atoms with Crippen molar-refractivity contribution < 1.29 is 0 Å². The summed E-state index contributed by atoms with van der Waals surface area (Å²) in [7, 11) is 0. The van der Waals surface area contributed by atoms with Crippen molar-refractivity contribution in [3.05, 3.63) is 33.8 Å². The molecule has 0 heterocycles. The van der Waals surface area contributed by atoms with Crippen molar-refractivity contribution in [2.75, 3.05) is 6.54 Å². The fraction of sp³-hybridized carbons (Fsp3) is 0.647. The molecule has 2 unspecified atom stereocenters.